The van der Waals surface area contributed by atoms with Gasteiger partial charge in [-0.1, -0.05) is 12.1 Å². The molecule has 0 aliphatic carbocycles. The van der Waals surface area contributed by atoms with Crippen LogP contribution >= 0.6 is 0 Å². The summed E-state index contributed by atoms with van der Waals surface area (Å²) in [6.07, 6.45) is -1.30. The summed E-state index contributed by atoms with van der Waals surface area (Å²) in [5.41, 5.74) is 0.784. The highest BCUT2D eigenvalue weighted by Crippen LogP contribution is 2.11. The number of benzene rings is 1. The smallest absolute Gasteiger partial charge is 0.433 e. The summed E-state index contributed by atoms with van der Waals surface area (Å²) < 4.78 is 0.581. The van der Waals surface area contributed by atoms with Crippen molar-refractivity contribution in [1.82, 2.24) is 9.78 Å². The Morgan fingerprint density at radius 3 is 2.79 bits per heavy atom. The standard InChI is InChI=1S/C9H8N2O3/c1-5-3-2-4-6-7(5)8(12)11(10-6)9(13)14/h2-4,10H,1H3,(H,13,14). The lowest BCUT2D eigenvalue weighted by atomic mass is 10.1. The molecular formula is C9H8N2O3. The SMILES string of the molecule is Cc1cccc2[nH]n(C(=O)O)c(=O)c12. The van der Waals surface area contributed by atoms with Gasteiger partial charge in [-0.25, -0.2) is 4.79 Å². The molecule has 0 saturated heterocycles. The van der Waals surface area contributed by atoms with Gasteiger partial charge in [0.25, 0.3) is 5.56 Å². The van der Waals surface area contributed by atoms with E-state index in [1.807, 2.05) is 0 Å². The van der Waals surface area contributed by atoms with Crippen LogP contribution in [-0.2, 0) is 0 Å². The van der Waals surface area contributed by atoms with Crippen LogP contribution in [0.25, 0.3) is 10.9 Å². The Balaban J connectivity index is 2.95. The predicted octanol–water partition coefficient (Wildman–Crippen LogP) is 1.16. The van der Waals surface area contributed by atoms with Crippen LogP contribution in [0.15, 0.2) is 23.0 Å². The summed E-state index contributed by atoms with van der Waals surface area (Å²) in [6, 6.07) is 5.20. The molecule has 0 aliphatic rings. The molecule has 2 N–H and O–H groups in total. The molecule has 0 atom stereocenters. The first kappa shape index (κ1) is 8.55. The van der Waals surface area contributed by atoms with E-state index in [1.165, 1.54) is 0 Å². The van der Waals surface area contributed by atoms with Gasteiger partial charge in [-0.2, -0.15) is 0 Å². The van der Waals surface area contributed by atoms with E-state index in [4.69, 9.17) is 5.11 Å². The zero-order valence-corrected chi connectivity index (χ0v) is 7.44. The summed E-state index contributed by atoms with van der Waals surface area (Å²) in [5, 5.41) is 11.6. The van der Waals surface area contributed by atoms with Gasteiger partial charge in [0.2, 0.25) is 0 Å². The summed E-state index contributed by atoms with van der Waals surface area (Å²) in [6.45, 7) is 1.77. The molecule has 72 valence electrons. The minimum absolute atomic E-state index is 0.426. The van der Waals surface area contributed by atoms with E-state index in [2.05, 4.69) is 5.10 Å². The Bertz CT molecular complexity index is 565. The largest absolute Gasteiger partial charge is 0.463 e. The van der Waals surface area contributed by atoms with Gasteiger partial charge in [0.05, 0.1) is 10.9 Å². The summed E-state index contributed by atoms with van der Waals surface area (Å²) in [7, 11) is 0. The van der Waals surface area contributed by atoms with E-state index in [0.29, 0.717) is 15.6 Å². The number of rotatable bonds is 0. The van der Waals surface area contributed by atoms with Crippen molar-refractivity contribution < 1.29 is 9.90 Å². The van der Waals surface area contributed by atoms with Gasteiger partial charge in [-0.15, -0.1) is 4.68 Å². The van der Waals surface area contributed by atoms with Gasteiger partial charge in [-0.05, 0) is 18.6 Å². The number of hydrogen-bond donors (Lipinski definition) is 2. The molecule has 2 aromatic rings. The van der Waals surface area contributed by atoms with E-state index < -0.39 is 11.7 Å². The molecule has 0 radical (unpaired) electrons. The van der Waals surface area contributed by atoms with Crippen molar-refractivity contribution >= 4 is 17.0 Å². The van der Waals surface area contributed by atoms with E-state index in [9.17, 15) is 9.59 Å². The van der Waals surface area contributed by atoms with Crippen LogP contribution in [-0.4, -0.2) is 21.0 Å². The van der Waals surface area contributed by atoms with E-state index in [-0.39, 0.29) is 0 Å². The Kier molecular flexibility index (Phi) is 1.67. The second kappa shape index (κ2) is 2.73. The van der Waals surface area contributed by atoms with E-state index in [0.717, 1.165) is 5.56 Å². The van der Waals surface area contributed by atoms with Crippen LogP contribution in [0, 0.1) is 6.92 Å². The molecule has 5 nitrogen and oxygen atoms in total. The van der Waals surface area contributed by atoms with Crippen molar-refractivity contribution in [2.45, 2.75) is 6.92 Å². The number of aromatic nitrogens is 2. The molecule has 0 spiro atoms. The van der Waals surface area contributed by atoms with Crippen LogP contribution in [0.1, 0.15) is 5.56 Å². The molecule has 2 rings (SSSR count). The molecule has 14 heavy (non-hydrogen) atoms. The topological polar surface area (TPSA) is 75.1 Å². The average molecular weight is 192 g/mol. The summed E-state index contributed by atoms with van der Waals surface area (Å²) in [4.78, 5) is 22.2. The molecule has 5 heteroatoms. The van der Waals surface area contributed by atoms with E-state index in [1.54, 1.807) is 25.1 Å². The van der Waals surface area contributed by atoms with Gasteiger partial charge in [0.15, 0.2) is 0 Å². The zero-order valence-electron chi connectivity index (χ0n) is 7.44. The van der Waals surface area contributed by atoms with Crippen molar-refractivity contribution in [1.29, 1.82) is 0 Å². The highest BCUT2D eigenvalue weighted by atomic mass is 16.4. The molecule has 0 saturated carbocycles. The van der Waals surface area contributed by atoms with Gasteiger partial charge in [0, 0.05) is 0 Å². The number of hydrogen-bond acceptors (Lipinski definition) is 2. The Morgan fingerprint density at radius 1 is 1.50 bits per heavy atom. The number of carbonyl (C=O) groups is 1. The number of carboxylic acid groups (broad SMARTS) is 1. The third-order valence-electron chi connectivity index (χ3n) is 2.11. The van der Waals surface area contributed by atoms with Gasteiger partial charge >= 0.3 is 6.09 Å². The third kappa shape index (κ3) is 1.02. The van der Waals surface area contributed by atoms with Gasteiger partial charge < -0.3 is 5.11 Å². The highest BCUT2D eigenvalue weighted by molar-refractivity contribution is 5.84. The second-order valence-corrected chi connectivity index (χ2v) is 3.03. The quantitative estimate of drug-likeness (QED) is 0.657. The van der Waals surface area contributed by atoms with Gasteiger partial charge in [-0.3, -0.25) is 9.89 Å². The Labute approximate surface area is 78.6 Å². The lowest BCUT2D eigenvalue weighted by Gasteiger charge is -1.89. The van der Waals surface area contributed by atoms with Crippen molar-refractivity contribution in [2.24, 2.45) is 0 Å². The minimum atomic E-state index is -1.30. The Morgan fingerprint density at radius 2 is 2.21 bits per heavy atom. The molecule has 1 aromatic heterocycles. The number of nitrogens with one attached hydrogen (secondary N) is 1. The first-order valence-electron chi connectivity index (χ1n) is 4.05. The number of aromatic amines is 1. The fourth-order valence-electron chi connectivity index (χ4n) is 1.46. The number of H-pyrrole nitrogens is 1. The normalized spacial score (nSPS) is 10.6. The predicted molar refractivity (Wildman–Crippen MR) is 50.7 cm³/mol. The Hall–Kier alpha value is -2.04. The molecule has 0 bridgehead atoms. The number of aryl methyl sites for hydroxylation is 1. The molecular weight excluding hydrogens is 184 g/mol. The molecule has 0 amide bonds. The highest BCUT2D eigenvalue weighted by Gasteiger charge is 2.12. The number of fused-ring (bicyclic) bond motifs is 1. The first-order valence-corrected chi connectivity index (χ1v) is 4.05. The molecule has 0 unspecified atom stereocenters. The van der Waals surface area contributed by atoms with Crippen LogP contribution in [0.2, 0.25) is 0 Å². The lowest BCUT2D eigenvalue weighted by Crippen LogP contribution is -2.23. The number of nitrogens with zero attached hydrogens (tertiary/aromatic N) is 1. The monoisotopic (exact) mass is 192 g/mol. The van der Waals surface area contributed by atoms with E-state index >= 15 is 0 Å². The maximum Gasteiger partial charge on any atom is 0.433 e. The lowest BCUT2D eigenvalue weighted by molar-refractivity contribution is 0.192. The van der Waals surface area contributed by atoms with Crippen molar-refractivity contribution in [3.63, 3.8) is 0 Å². The van der Waals surface area contributed by atoms with Crippen molar-refractivity contribution in [3.8, 4) is 0 Å². The van der Waals surface area contributed by atoms with Crippen LogP contribution < -0.4 is 5.56 Å². The first-order chi connectivity index (χ1) is 6.61. The second-order valence-electron chi connectivity index (χ2n) is 3.03. The maximum atomic E-state index is 11.5. The van der Waals surface area contributed by atoms with Crippen molar-refractivity contribution in [2.75, 3.05) is 0 Å². The summed E-state index contributed by atoms with van der Waals surface area (Å²) in [5.74, 6) is 0. The molecule has 1 aromatic carbocycles. The molecule has 1 heterocycles. The fourth-order valence-corrected chi connectivity index (χ4v) is 1.46. The third-order valence-corrected chi connectivity index (χ3v) is 2.11. The van der Waals surface area contributed by atoms with Crippen molar-refractivity contribution in [3.05, 3.63) is 34.1 Å². The summed E-state index contributed by atoms with van der Waals surface area (Å²) >= 11 is 0. The van der Waals surface area contributed by atoms with Crippen LogP contribution in [0.3, 0.4) is 0 Å². The minimum Gasteiger partial charge on any atom is -0.463 e. The molecule has 0 aliphatic heterocycles. The molecule has 0 fully saturated rings. The van der Waals surface area contributed by atoms with Crippen LogP contribution in [0.5, 0.6) is 0 Å². The maximum absolute atomic E-state index is 11.5. The fraction of sp³-hybridized carbons (Fsp3) is 0.111. The van der Waals surface area contributed by atoms with Crippen LogP contribution in [0.4, 0.5) is 4.79 Å². The zero-order chi connectivity index (χ0) is 10.3. The average Bonchev–Trinajstić information content (AvgIpc) is 2.45. The van der Waals surface area contributed by atoms with Gasteiger partial charge in [0.1, 0.15) is 0 Å².